The number of aliphatic carboxylic acids is 1. The second kappa shape index (κ2) is 3.77. The average Bonchev–Trinajstić information content (AvgIpc) is 2.45. The lowest BCUT2D eigenvalue weighted by Crippen LogP contribution is -2.53. The Morgan fingerprint density at radius 1 is 1.85 bits per heavy atom. The molecule has 1 heterocycles. The van der Waals surface area contributed by atoms with E-state index in [1.807, 2.05) is 11.9 Å². The molecule has 0 bridgehead atoms. The van der Waals surface area contributed by atoms with Crippen LogP contribution in [0, 0.1) is 12.3 Å². The molecular weight excluding hydrogens is 168 g/mol. The van der Waals surface area contributed by atoms with Crippen molar-refractivity contribution in [2.45, 2.75) is 12.0 Å². The molecule has 4 nitrogen and oxygen atoms in total. The van der Waals surface area contributed by atoms with Crippen molar-refractivity contribution in [3.05, 3.63) is 0 Å². The fourth-order valence-corrected chi connectivity index (χ4v) is 1.62. The highest BCUT2D eigenvalue weighted by Gasteiger charge is 2.43. The predicted molar refractivity (Wildman–Crippen MR) is 49.3 cm³/mol. The highest BCUT2D eigenvalue weighted by molar-refractivity contribution is 5.79. The number of carbonyl (C=O) groups is 1. The molecule has 0 aromatic rings. The van der Waals surface area contributed by atoms with Crippen LogP contribution >= 0.6 is 0 Å². The van der Waals surface area contributed by atoms with Crippen molar-refractivity contribution in [3.8, 4) is 12.3 Å². The quantitative estimate of drug-likeness (QED) is 0.570. The number of carboxylic acid groups (broad SMARTS) is 1. The zero-order valence-electron chi connectivity index (χ0n) is 7.71. The molecular formula is C9H14N2O2. The summed E-state index contributed by atoms with van der Waals surface area (Å²) in [5, 5.41) is 11.9. The molecule has 1 fully saturated rings. The van der Waals surface area contributed by atoms with Crippen molar-refractivity contribution >= 4 is 5.97 Å². The molecule has 2 N–H and O–H groups in total. The van der Waals surface area contributed by atoms with Crippen LogP contribution in [0.5, 0.6) is 0 Å². The van der Waals surface area contributed by atoms with Gasteiger partial charge in [0, 0.05) is 13.1 Å². The van der Waals surface area contributed by atoms with Gasteiger partial charge in [0.25, 0.3) is 0 Å². The first kappa shape index (κ1) is 10.0. The molecule has 0 aromatic heterocycles. The van der Waals surface area contributed by atoms with Crippen molar-refractivity contribution in [2.24, 2.45) is 0 Å². The number of rotatable bonds is 3. The van der Waals surface area contributed by atoms with Crippen LogP contribution in [0.25, 0.3) is 0 Å². The van der Waals surface area contributed by atoms with Gasteiger partial charge in [-0.25, -0.2) is 0 Å². The van der Waals surface area contributed by atoms with E-state index < -0.39 is 11.5 Å². The van der Waals surface area contributed by atoms with Gasteiger partial charge in [0.1, 0.15) is 5.54 Å². The normalized spacial score (nSPS) is 28.6. The Bertz CT molecular complexity index is 246. The van der Waals surface area contributed by atoms with E-state index in [1.54, 1.807) is 0 Å². The second-order valence-corrected chi connectivity index (χ2v) is 3.43. The standard InChI is InChI=1S/C9H14N2O2/c1-3-5-10-9(8(12)13)4-6-11(2)7-9/h1,10H,4-7H2,2H3,(H,12,13). The minimum Gasteiger partial charge on any atom is -0.480 e. The number of likely N-dealkylation sites (tertiary alicyclic amines) is 1. The summed E-state index contributed by atoms with van der Waals surface area (Å²) in [6.45, 7) is 1.62. The molecule has 0 saturated carbocycles. The third-order valence-corrected chi connectivity index (χ3v) is 2.40. The average molecular weight is 182 g/mol. The first-order valence-corrected chi connectivity index (χ1v) is 4.21. The monoisotopic (exact) mass is 182 g/mol. The molecule has 1 aliphatic heterocycles. The van der Waals surface area contributed by atoms with Crippen molar-refractivity contribution in [1.82, 2.24) is 10.2 Å². The van der Waals surface area contributed by atoms with E-state index in [4.69, 9.17) is 11.5 Å². The van der Waals surface area contributed by atoms with Gasteiger partial charge in [0.05, 0.1) is 6.54 Å². The van der Waals surface area contributed by atoms with Crippen LogP contribution in [0.2, 0.25) is 0 Å². The molecule has 0 radical (unpaired) electrons. The second-order valence-electron chi connectivity index (χ2n) is 3.43. The Morgan fingerprint density at radius 2 is 2.54 bits per heavy atom. The number of likely N-dealkylation sites (N-methyl/N-ethyl adjacent to an activating group) is 1. The van der Waals surface area contributed by atoms with Gasteiger partial charge in [0.15, 0.2) is 0 Å². The summed E-state index contributed by atoms with van der Waals surface area (Å²) < 4.78 is 0. The Hall–Kier alpha value is -1.05. The highest BCUT2D eigenvalue weighted by Crippen LogP contribution is 2.19. The molecule has 1 unspecified atom stereocenters. The number of nitrogens with one attached hydrogen (secondary N) is 1. The molecule has 0 amide bonds. The summed E-state index contributed by atoms with van der Waals surface area (Å²) in [7, 11) is 1.91. The Labute approximate surface area is 77.9 Å². The lowest BCUT2D eigenvalue weighted by molar-refractivity contribution is -0.144. The molecule has 1 aliphatic rings. The van der Waals surface area contributed by atoms with Gasteiger partial charge in [-0.05, 0) is 13.5 Å². The van der Waals surface area contributed by atoms with Gasteiger partial charge >= 0.3 is 5.97 Å². The summed E-state index contributed by atoms with van der Waals surface area (Å²) in [5.74, 6) is 1.58. The van der Waals surface area contributed by atoms with Crippen LogP contribution in [-0.2, 0) is 4.79 Å². The minimum atomic E-state index is -0.832. The zero-order chi connectivity index (χ0) is 9.90. The largest absolute Gasteiger partial charge is 0.480 e. The summed E-state index contributed by atoms with van der Waals surface area (Å²) >= 11 is 0. The van der Waals surface area contributed by atoms with Crippen LogP contribution in [0.1, 0.15) is 6.42 Å². The van der Waals surface area contributed by atoms with Crippen LogP contribution in [0.15, 0.2) is 0 Å². The van der Waals surface area contributed by atoms with Crippen molar-refractivity contribution in [2.75, 3.05) is 26.7 Å². The number of hydrogen-bond donors (Lipinski definition) is 2. The number of nitrogens with zero attached hydrogens (tertiary/aromatic N) is 1. The van der Waals surface area contributed by atoms with Gasteiger partial charge in [-0.3, -0.25) is 10.1 Å². The minimum absolute atomic E-state index is 0.306. The Balaban J connectivity index is 2.66. The molecule has 0 aromatic carbocycles. The van der Waals surface area contributed by atoms with Gasteiger partial charge < -0.3 is 10.0 Å². The number of hydrogen-bond acceptors (Lipinski definition) is 3. The fourth-order valence-electron chi connectivity index (χ4n) is 1.62. The van der Waals surface area contributed by atoms with Crippen molar-refractivity contribution < 1.29 is 9.90 Å². The van der Waals surface area contributed by atoms with E-state index in [2.05, 4.69) is 11.2 Å². The molecule has 1 saturated heterocycles. The highest BCUT2D eigenvalue weighted by atomic mass is 16.4. The van der Waals surface area contributed by atoms with Crippen LogP contribution in [-0.4, -0.2) is 48.2 Å². The smallest absolute Gasteiger partial charge is 0.325 e. The lowest BCUT2D eigenvalue weighted by Gasteiger charge is -2.24. The first-order valence-electron chi connectivity index (χ1n) is 4.21. The predicted octanol–water partition coefficient (Wildman–Crippen LogP) is -0.632. The molecule has 1 atom stereocenters. The van der Waals surface area contributed by atoms with Gasteiger partial charge in [-0.15, -0.1) is 6.42 Å². The number of carboxylic acids is 1. The van der Waals surface area contributed by atoms with E-state index >= 15 is 0 Å². The van der Waals surface area contributed by atoms with Gasteiger partial charge in [0.2, 0.25) is 0 Å². The molecule has 4 heteroatoms. The first-order chi connectivity index (χ1) is 6.10. The summed E-state index contributed by atoms with van der Waals surface area (Å²) in [5.41, 5.74) is -0.832. The summed E-state index contributed by atoms with van der Waals surface area (Å²) in [4.78, 5) is 13.0. The molecule has 72 valence electrons. The van der Waals surface area contributed by atoms with E-state index in [0.29, 0.717) is 19.5 Å². The van der Waals surface area contributed by atoms with Gasteiger partial charge in [-0.2, -0.15) is 0 Å². The molecule has 13 heavy (non-hydrogen) atoms. The SMILES string of the molecule is C#CCNC1(C(=O)O)CCN(C)C1. The summed E-state index contributed by atoms with van der Waals surface area (Å²) in [6, 6.07) is 0. The molecule has 0 spiro atoms. The molecule has 0 aliphatic carbocycles. The van der Waals surface area contributed by atoms with Crippen LogP contribution < -0.4 is 5.32 Å². The fraction of sp³-hybridized carbons (Fsp3) is 0.667. The third kappa shape index (κ3) is 2.00. The van der Waals surface area contributed by atoms with E-state index in [-0.39, 0.29) is 0 Å². The third-order valence-electron chi connectivity index (χ3n) is 2.40. The summed E-state index contributed by atoms with van der Waals surface area (Å²) in [6.07, 6.45) is 5.69. The molecule has 1 rings (SSSR count). The lowest BCUT2D eigenvalue weighted by atomic mass is 9.99. The zero-order valence-corrected chi connectivity index (χ0v) is 7.71. The van der Waals surface area contributed by atoms with E-state index in [1.165, 1.54) is 0 Å². The topological polar surface area (TPSA) is 52.6 Å². The maximum absolute atomic E-state index is 11.0. The maximum Gasteiger partial charge on any atom is 0.325 e. The Kier molecular flexibility index (Phi) is 2.91. The van der Waals surface area contributed by atoms with E-state index in [9.17, 15) is 4.79 Å². The van der Waals surface area contributed by atoms with Gasteiger partial charge in [-0.1, -0.05) is 5.92 Å². The Morgan fingerprint density at radius 3 is 2.92 bits per heavy atom. The number of terminal acetylenes is 1. The maximum atomic E-state index is 11.0. The van der Waals surface area contributed by atoms with Crippen LogP contribution in [0.3, 0.4) is 0 Å². The van der Waals surface area contributed by atoms with Crippen LogP contribution in [0.4, 0.5) is 0 Å². The van der Waals surface area contributed by atoms with Crippen molar-refractivity contribution in [3.63, 3.8) is 0 Å². The van der Waals surface area contributed by atoms with E-state index in [0.717, 1.165) is 6.54 Å². The van der Waals surface area contributed by atoms with Crippen molar-refractivity contribution in [1.29, 1.82) is 0 Å².